The van der Waals surface area contributed by atoms with Gasteiger partial charge in [-0.15, -0.1) is 0 Å². The summed E-state index contributed by atoms with van der Waals surface area (Å²) >= 11 is 0. The highest BCUT2D eigenvalue weighted by molar-refractivity contribution is 5.79. The van der Waals surface area contributed by atoms with Crippen molar-refractivity contribution in [3.63, 3.8) is 0 Å². The first-order valence-electron chi connectivity index (χ1n) is 2.76. The van der Waals surface area contributed by atoms with Crippen LogP contribution < -0.4 is 5.73 Å². The first kappa shape index (κ1) is 8.14. The summed E-state index contributed by atoms with van der Waals surface area (Å²) in [6, 6.07) is 0. The Kier molecular flexibility index (Phi) is 2.91. The van der Waals surface area contributed by atoms with Crippen molar-refractivity contribution in [1.82, 2.24) is 0 Å². The summed E-state index contributed by atoms with van der Waals surface area (Å²) in [5.41, 5.74) is 4.89. The summed E-state index contributed by atoms with van der Waals surface area (Å²) in [5, 5.41) is 0. The number of primary amides is 1. The van der Waals surface area contributed by atoms with Crippen molar-refractivity contribution in [3.05, 3.63) is 0 Å². The Balaban J connectivity index is 3.86. The van der Waals surface area contributed by atoms with Gasteiger partial charge in [-0.3, -0.25) is 9.59 Å². The summed E-state index contributed by atoms with van der Waals surface area (Å²) in [6.07, 6.45) is 1.70. The molecule has 0 heterocycles. The molecular formula is C6H10NO2. The molecule has 3 nitrogen and oxygen atoms in total. The highest BCUT2D eigenvalue weighted by Crippen LogP contribution is 2.05. The third-order valence-corrected chi connectivity index (χ3v) is 1.38. The van der Waals surface area contributed by atoms with Crippen molar-refractivity contribution >= 4 is 12.2 Å². The third kappa shape index (κ3) is 2.26. The fourth-order valence-corrected chi connectivity index (χ4v) is 0.348. The molecule has 9 heavy (non-hydrogen) atoms. The van der Waals surface area contributed by atoms with E-state index in [1.165, 1.54) is 0 Å². The first-order valence-corrected chi connectivity index (χ1v) is 2.76. The molecule has 0 rings (SSSR count). The van der Waals surface area contributed by atoms with Crippen LogP contribution in [0.3, 0.4) is 0 Å². The lowest BCUT2D eigenvalue weighted by Gasteiger charge is -2.07. The maximum atomic E-state index is 10.3. The monoisotopic (exact) mass is 128 g/mol. The smallest absolute Gasteiger partial charge is 0.220 e. The molecule has 51 valence electrons. The minimum absolute atomic E-state index is 0.387. The van der Waals surface area contributed by atoms with Crippen molar-refractivity contribution in [2.24, 2.45) is 17.6 Å². The number of carbonyl (C=O) groups excluding carboxylic acids is 2. The molecule has 3 heteroatoms. The van der Waals surface area contributed by atoms with Crippen LogP contribution in [0.2, 0.25) is 0 Å². The van der Waals surface area contributed by atoms with Gasteiger partial charge in [0.15, 0.2) is 0 Å². The molecule has 0 fully saturated rings. The van der Waals surface area contributed by atoms with Crippen LogP contribution in [0.1, 0.15) is 13.8 Å². The standard InChI is InChI=1S/C6H10NO2/c1-4(3-8)5(2)6(7)9/h4-5H,1-2H3,(H2,7,9). The van der Waals surface area contributed by atoms with E-state index in [0.29, 0.717) is 0 Å². The Morgan fingerprint density at radius 2 is 2.00 bits per heavy atom. The molecular weight excluding hydrogens is 118 g/mol. The predicted octanol–water partition coefficient (Wildman–Crippen LogP) is -0.146. The summed E-state index contributed by atoms with van der Waals surface area (Å²) in [4.78, 5) is 20.3. The van der Waals surface area contributed by atoms with Crippen molar-refractivity contribution < 1.29 is 9.59 Å². The molecule has 2 N–H and O–H groups in total. The highest BCUT2D eigenvalue weighted by atomic mass is 16.1. The minimum Gasteiger partial charge on any atom is -0.369 e. The largest absolute Gasteiger partial charge is 0.369 e. The predicted molar refractivity (Wildman–Crippen MR) is 33.2 cm³/mol. The molecule has 0 saturated carbocycles. The van der Waals surface area contributed by atoms with E-state index < -0.39 is 11.8 Å². The normalized spacial score (nSPS) is 16.2. The summed E-state index contributed by atoms with van der Waals surface area (Å²) < 4.78 is 0. The molecule has 0 spiro atoms. The van der Waals surface area contributed by atoms with Gasteiger partial charge in [0.1, 0.15) is 0 Å². The molecule has 2 atom stereocenters. The van der Waals surface area contributed by atoms with Gasteiger partial charge in [0.2, 0.25) is 12.2 Å². The minimum atomic E-state index is -0.453. The second kappa shape index (κ2) is 3.22. The number of carbonyl (C=O) groups is 1. The number of hydrogen-bond donors (Lipinski definition) is 1. The van der Waals surface area contributed by atoms with Crippen molar-refractivity contribution in [2.45, 2.75) is 13.8 Å². The highest BCUT2D eigenvalue weighted by Gasteiger charge is 2.16. The van der Waals surface area contributed by atoms with Crippen LogP contribution >= 0.6 is 0 Å². The van der Waals surface area contributed by atoms with Gasteiger partial charge in [-0.05, 0) is 0 Å². The molecule has 0 bridgehead atoms. The summed E-state index contributed by atoms with van der Waals surface area (Å²) in [5.74, 6) is -1.24. The Hall–Kier alpha value is -0.860. The Bertz CT molecular complexity index is 122. The van der Waals surface area contributed by atoms with Crippen molar-refractivity contribution in [3.8, 4) is 0 Å². The average molecular weight is 128 g/mol. The number of hydrogen-bond acceptors (Lipinski definition) is 2. The van der Waals surface area contributed by atoms with Crippen LogP contribution in [0.4, 0.5) is 0 Å². The van der Waals surface area contributed by atoms with E-state index in [1.54, 1.807) is 20.1 Å². The van der Waals surface area contributed by atoms with Crippen molar-refractivity contribution in [1.29, 1.82) is 0 Å². The van der Waals surface area contributed by atoms with Crippen LogP contribution in [0.25, 0.3) is 0 Å². The maximum absolute atomic E-state index is 10.3. The second-order valence-corrected chi connectivity index (χ2v) is 2.10. The van der Waals surface area contributed by atoms with Crippen LogP contribution in [-0.4, -0.2) is 12.2 Å². The Morgan fingerprint density at radius 3 is 2.11 bits per heavy atom. The van der Waals surface area contributed by atoms with Gasteiger partial charge in [-0.1, -0.05) is 13.8 Å². The lowest BCUT2D eigenvalue weighted by atomic mass is 9.97. The lowest BCUT2D eigenvalue weighted by Crippen LogP contribution is -2.26. The number of nitrogens with two attached hydrogens (primary N) is 1. The van der Waals surface area contributed by atoms with Crippen LogP contribution in [0, 0.1) is 11.8 Å². The van der Waals surface area contributed by atoms with Gasteiger partial charge >= 0.3 is 0 Å². The first-order chi connectivity index (χ1) is 4.09. The molecule has 0 aliphatic carbocycles. The Morgan fingerprint density at radius 1 is 1.56 bits per heavy atom. The second-order valence-electron chi connectivity index (χ2n) is 2.10. The van der Waals surface area contributed by atoms with E-state index >= 15 is 0 Å². The fourth-order valence-electron chi connectivity index (χ4n) is 0.348. The van der Waals surface area contributed by atoms with E-state index in [1.807, 2.05) is 0 Å². The zero-order valence-electron chi connectivity index (χ0n) is 5.55. The molecule has 0 aromatic heterocycles. The Labute approximate surface area is 54.2 Å². The SMILES string of the molecule is CC([C]=O)C(C)C(N)=O. The maximum Gasteiger partial charge on any atom is 0.220 e. The molecule has 2 unspecified atom stereocenters. The summed E-state index contributed by atoms with van der Waals surface area (Å²) in [7, 11) is 0. The van der Waals surface area contributed by atoms with E-state index in [9.17, 15) is 9.59 Å². The molecule has 0 aromatic rings. The van der Waals surface area contributed by atoms with Gasteiger partial charge in [-0.25, -0.2) is 0 Å². The van der Waals surface area contributed by atoms with Crippen molar-refractivity contribution in [2.75, 3.05) is 0 Å². The van der Waals surface area contributed by atoms with E-state index in [0.717, 1.165) is 0 Å². The van der Waals surface area contributed by atoms with Gasteiger partial charge in [0, 0.05) is 11.8 Å². The van der Waals surface area contributed by atoms with E-state index in [2.05, 4.69) is 0 Å². The molecule has 0 aromatic carbocycles. The molecule has 0 saturated heterocycles. The van der Waals surface area contributed by atoms with Crippen LogP contribution in [-0.2, 0) is 9.59 Å². The fraction of sp³-hybridized carbons (Fsp3) is 0.667. The van der Waals surface area contributed by atoms with Gasteiger partial charge in [-0.2, -0.15) is 0 Å². The van der Waals surface area contributed by atoms with Crippen LogP contribution in [0.15, 0.2) is 0 Å². The van der Waals surface area contributed by atoms with Gasteiger partial charge in [0.05, 0.1) is 0 Å². The van der Waals surface area contributed by atoms with Gasteiger partial charge < -0.3 is 5.73 Å². The zero-order chi connectivity index (χ0) is 7.44. The molecule has 1 amide bonds. The summed E-state index contributed by atoms with van der Waals surface area (Å²) in [6.45, 7) is 3.22. The quantitative estimate of drug-likeness (QED) is 0.574. The van der Waals surface area contributed by atoms with Crippen LogP contribution in [0.5, 0.6) is 0 Å². The number of rotatable bonds is 3. The van der Waals surface area contributed by atoms with E-state index in [-0.39, 0.29) is 5.92 Å². The van der Waals surface area contributed by atoms with Gasteiger partial charge in [0.25, 0.3) is 0 Å². The lowest BCUT2D eigenvalue weighted by molar-refractivity contribution is -0.122. The number of amides is 1. The molecule has 0 aliphatic rings. The third-order valence-electron chi connectivity index (χ3n) is 1.38. The topological polar surface area (TPSA) is 60.2 Å². The average Bonchev–Trinajstić information content (AvgIpc) is 1.84. The zero-order valence-corrected chi connectivity index (χ0v) is 5.55. The van der Waals surface area contributed by atoms with E-state index in [4.69, 9.17) is 5.73 Å². The molecule has 0 aliphatic heterocycles. The molecule has 1 radical (unpaired) electrons.